The molecule has 0 N–H and O–H groups in total. The highest BCUT2D eigenvalue weighted by atomic mass is 35.5. The minimum atomic E-state index is 0.309. The molecule has 5 heteroatoms. The molecule has 0 spiro atoms. The summed E-state index contributed by atoms with van der Waals surface area (Å²) in [6.45, 7) is 2.01. The second-order valence-electron chi connectivity index (χ2n) is 2.43. The summed E-state index contributed by atoms with van der Waals surface area (Å²) in [6, 6.07) is 1.91. The predicted octanol–water partition coefficient (Wildman–Crippen LogP) is 2.07. The Bertz CT molecular complexity index is 306. The maximum absolute atomic E-state index is 8.48. The normalized spacial score (nSPS) is 12.1. The lowest BCUT2D eigenvalue weighted by Gasteiger charge is -2.04. The molecule has 0 radical (unpaired) electrons. The van der Waals surface area contributed by atoms with Crippen LogP contribution >= 0.6 is 23.4 Å². The van der Waals surface area contributed by atoms with Gasteiger partial charge < -0.3 is 0 Å². The van der Waals surface area contributed by atoms with Crippen molar-refractivity contribution in [2.24, 2.45) is 0 Å². The predicted molar refractivity (Wildman–Crippen MR) is 52.8 cm³/mol. The Hall–Kier alpha value is -0.790. The van der Waals surface area contributed by atoms with Crippen LogP contribution in [0.15, 0.2) is 17.4 Å². The molecule has 0 aliphatic rings. The second-order valence-corrected chi connectivity index (χ2v) is 4.20. The summed E-state index contributed by atoms with van der Waals surface area (Å²) in [6.07, 6.45) is 3.05. The van der Waals surface area contributed by atoms with Crippen LogP contribution in [-0.2, 0) is 0 Å². The van der Waals surface area contributed by atoms with Crippen molar-refractivity contribution in [3.63, 3.8) is 0 Å². The summed E-state index contributed by atoms with van der Waals surface area (Å²) in [5.74, 6) is 0.576. The molecule has 1 atom stereocenters. The lowest BCUT2D eigenvalue weighted by Crippen LogP contribution is -1.98. The first-order valence-corrected chi connectivity index (χ1v) is 5.12. The highest BCUT2D eigenvalue weighted by Gasteiger charge is 2.03. The van der Waals surface area contributed by atoms with Crippen LogP contribution in [0.1, 0.15) is 12.6 Å². The van der Waals surface area contributed by atoms with E-state index in [0.29, 0.717) is 16.8 Å². The molecule has 1 heterocycles. The van der Waals surface area contributed by atoms with Crippen LogP contribution in [-0.4, -0.2) is 21.1 Å². The topological polar surface area (TPSA) is 49.6 Å². The summed E-state index contributed by atoms with van der Waals surface area (Å²) < 4.78 is 0. The fraction of sp³-hybridized carbons (Fsp3) is 0.375. The molecule has 1 aromatic heterocycles. The van der Waals surface area contributed by atoms with Crippen molar-refractivity contribution in [3.8, 4) is 6.07 Å². The van der Waals surface area contributed by atoms with Gasteiger partial charge in [-0.1, -0.05) is 6.92 Å². The molecule has 0 saturated carbocycles. The third kappa shape index (κ3) is 3.21. The minimum absolute atomic E-state index is 0.309. The van der Waals surface area contributed by atoms with E-state index in [2.05, 4.69) is 9.97 Å². The van der Waals surface area contributed by atoms with Crippen molar-refractivity contribution >= 4 is 23.4 Å². The molecule has 1 aromatic rings. The molecule has 0 fully saturated rings. The summed E-state index contributed by atoms with van der Waals surface area (Å²) in [4.78, 5) is 7.95. The minimum Gasteiger partial charge on any atom is -0.245 e. The molecular formula is C8H8ClN3S. The third-order valence-electron chi connectivity index (χ3n) is 1.28. The van der Waals surface area contributed by atoms with Crippen LogP contribution in [0.25, 0.3) is 0 Å². The van der Waals surface area contributed by atoms with E-state index in [-0.39, 0.29) is 0 Å². The second kappa shape index (κ2) is 5.05. The zero-order valence-electron chi connectivity index (χ0n) is 7.07. The molecule has 1 rings (SSSR count). The lowest BCUT2D eigenvalue weighted by molar-refractivity contribution is 1.02. The highest BCUT2D eigenvalue weighted by Crippen LogP contribution is 2.20. The van der Waals surface area contributed by atoms with Crippen molar-refractivity contribution in [3.05, 3.63) is 18.1 Å². The summed E-state index contributed by atoms with van der Waals surface area (Å²) in [7, 11) is 0. The van der Waals surface area contributed by atoms with Crippen molar-refractivity contribution in [2.75, 3.05) is 5.88 Å². The number of rotatable bonds is 3. The van der Waals surface area contributed by atoms with Gasteiger partial charge >= 0.3 is 0 Å². The molecule has 0 aliphatic carbocycles. The van der Waals surface area contributed by atoms with Crippen molar-refractivity contribution in [1.82, 2.24) is 9.97 Å². The number of hydrogen-bond acceptors (Lipinski definition) is 4. The Morgan fingerprint density at radius 1 is 1.62 bits per heavy atom. The maximum atomic E-state index is 8.48. The van der Waals surface area contributed by atoms with E-state index >= 15 is 0 Å². The SMILES string of the molecule is CC(CCl)Sc1cnc(C#N)cn1. The van der Waals surface area contributed by atoms with Gasteiger partial charge in [-0.25, -0.2) is 9.97 Å². The third-order valence-corrected chi connectivity index (χ3v) is 2.95. The van der Waals surface area contributed by atoms with E-state index in [0.717, 1.165) is 5.03 Å². The maximum Gasteiger partial charge on any atom is 0.158 e. The van der Waals surface area contributed by atoms with Crippen molar-refractivity contribution in [1.29, 1.82) is 5.26 Å². The zero-order valence-corrected chi connectivity index (χ0v) is 8.64. The molecule has 68 valence electrons. The first kappa shape index (κ1) is 10.3. The average Bonchev–Trinajstić information content (AvgIpc) is 2.19. The van der Waals surface area contributed by atoms with E-state index in [9.17, 15) is 0 Å². The van der Waals surface area contributed by atoms with Gasteiger partial charge in [-0.05, 0) is 0 Å². The molecule has 3 nitrogen and oxygen atoms in total. The number of nitrogens with zero attached hydrogens (tertiary/aromatic N) is 3. The van der Waals surface area contributed by atoms with Crippen LogP contribution in [0.4, 0.5) is 0 Å². The van der Waals surface area contributed by atoms with Crippen LogP contribution in [0.5, 0.6) is 0 Å². The number of nitriles is 1. The van der Waals surface area contributed by atoms with Gasteiger partial charge in [0, 0.05) is 11.1 Å². The van der Waals surface area contributed by atoms with E-state index in [4.69, 9.17) is 16.9 Å². The van der Waals surface area contributed by atoms with Crippen LogP contribution in [0.2, 0.25) is 0 Å². The standard InChI is InChI=1S/C8H8ClN3S/c1-6(2-9)13-8-5-11-7(3-10)4-12-8/h4-6H,2H2,1H3. The van der Waals surface area contributed by atoms with Gasteiger partial charge in [0.25, 0.3) is 0 Å². The smallest absolute Gasteiger partial charge is 0.158 e. The molecule has 13 heavy (non-hydrogen) atoms. The molecule has 0 aromatic carbocycles. The summed E-state index contributed by atoms with van der Waals surface area (Å²) >= 11 is 7.19. The fourth-order valence-corrected chi connectivity index (χ4v) is 1.56. The molecular weight excluding hydrogens is 206 g/mol. The zero-order chi connectivity index (χ0) is 9.68. The Kier molecular flexibility index (Phi) is 4.00. The van der Waals surface area contributed by atoms with Crippen LogP contribution in [0.3, 0.4) is 0 Å². The molecule has 0 bridgehead atoms. The monoisotopic (exact) mass is 213 g/mol. The number of alkyl halides is 1. The Balaban J connectivity index is 2.65. The highest BCUT2D eigenvalue weighted by molar-refractivity contribution is 7.99. The fourth-order valence-electron chi connectivity index (χ4n) is 0.672. The van der Waals surface area contributed by atoms with Gasteiger partial charge in [0.05, 0.1) is 12.4 Å². The van der Waals surface area contributed by atoms with Crippen molar-refractivity contribution < 1.29 is 0 Å². The first-order chi connectivity index (χ1) is 6.26. The van der Waals surface area contributed by atoms with Gasteiger partial charge in [0.15, 0.2) is 5.69 Å². The van der Waals surface area contributed by atoms with E-state index in [1.165, 1.54) is 6.20 Å². The number of thioether (sulfide) groups is 1. The number of halogens is 1. The molecule has 0 saturated heterocycles. The van der Waals surface area contributed by atoms with Gasteiger partial charge in [-0.3, -0.25) is 0 Å². The van der Waals surface area contributed by atoms with Gasteiger partial charge in [0.2, 0.25) is 0 Å². The summed E-state index contributed by atoms with van der Waals surface area (Å²) in [5.41, 5.74) is 0.336. The quantitative estimate of drug-likeness (QED) is 0.570. The molecule has 0 amide bonds. The van der Waals surface area contributed by atoms with Crippen LogP contribution < -0.4 is 0 Å². The Labute approximate surface area is 86.1 Å². The van der Waals surface area contributed by atoms with Crippen molar-refractivity contribution in [2.45, 2.75) is 17.2 Å². The molecule has 0 aliphatic heterocycles. The first-order valence-electron chi connectivity index (χ1n) is 3.71. The van der Waals surface area contributed by atoms with E-state index in [1.807, 2.05) is 13.0 Å². The summed E-state index contributed by atoms with van der Waals surface area (Å²) in [5, 5.41) is 9.58. The van der Waals surface area contributed by atoms with E-state index in [1.54, 1.807) is 18.0 Å². The Morgan fingerprint density at radius 3 is 2.85 bits per heavy atom. The average molecular weight is 214 g/mol. The Morgan fingerprint density at radius 2 is 2.38 bits per heavy atom. The van der Waals surface area contributed by atoms with Gasteiger partial charge in [-0.15, -0.1) is 23.4 Å². The number of hydrogen-bond donors (Lipinski definition) is 0. The van der Waals surface area contributed by atoms with Gasteiger partial charge in [0.1, 0.15) is 11.1 Å². The van der Waals surface area contributed by atoms with E-state index < -0.39 is 0 Å². The van der Waals surface area contributed by atoms with Gasteiger partial charge in [-0.2, -0.15) is 5.26 Å². The lowest BCUT2D eigenvalue weighted by atomic mass is 10.5. The largest absolute Gasteiger partial charge is 0.245 e. The van der Waals surface area contributed by atoms with Crippen LogP contribution in [0, 0.1) is 11.3 Å². The molecule has 1 unspecified atom stereocenters. The number of aromatic nitrogens is 2.